The number of hydrogen-bond donors (Lipinski definition) is 0. The first-order valence-corrected chi connectivity index (χ1v) is 6.57. The van der Waals surface area contributed by atoms with E-state index in [-0.39, 0.29) is 5.56 Å². The van der Waals surface area contributed by atoms with Gasteiger partial charge in [0, 0.05) is 16.2 Å². The van der Waals surface area contributed by atoms with Crippen molar-refractivity contribution < 1.29 is 13.0 Å². The van der Waals surface area contributed by atoms with Crippen molar-refractivity contribution in [1.82, 2.24) is 0 Å². The summed E-state index contributed by atoms with van der Waals surface area (Å²) in [5, 5.41) is 0. The van der Waals surface area contributed by atoms with Gasteiger partial charge in [0.2, 0.25) is 0 Å². The van der Waals surface area contributed by atoms with Gasteiger partial charge in [-0.25, -0.2) is 8.78 Å². The molecule has 0 aliphatic rings. The minimum atomic E-state index is -2.56. The third-order valence-corrected chi connectivity index (χ3v) is 4.12. The van der Waals surface area contributed by atoms with Gasteiger partial charge in [0.05, 0.1) is 10.8 Å². The molecule has 1 rings (SSSR count). The van der Waals surface area contributed by atoms with Crippen LogP contribution in [0.2, 0.25) is 0 Å². The first kappa shape index (κ1) is 13.3. The Labute approximate surface area is 97.3 Å². The van der Waals surface area contributed by atoms with Gasteiger partial charge in [-0.05, 0) is 43.5 Å². The topological polar surface area (TPSA) is 17.1 Å². The van der Waals surface area contributed by atoms with E-state index in [1.807, 2.05) is 13.8 Å². The summed E-state index contributed by atoms with van der Waals surface area (Å²) in [5.41, 5.74) is 1.63. The molecule has 0 spiro atoms. The lowest BCUT2D eigenvalue weighted by Gasteiger charge is -2.11. The second-order valence-corrected chi connectivity index (χ2v) is 5.36. The molecule has 0 bridgehead atoms. The van der Waals surface area contributed by atoms with Gasteiger partial charge in [0.25, 0.3) is 6.43 Å². The van der Waals surface area contributed by atoms with Crippen molar-refractivity contribution in [3.8, 4) is 0 Å². The molecule has 1 unspecified atom stereocenters. The van der Waals surface area contributed by atoms with Gasteiger partial charge >= 0.3 is 0 Å². The van der Waals surface area contributed by atoms with Crippen LogP contribution in [0.1, 0.15) is 36.5 Å². The summed E-state index contributed by atoms with van der Waals surface area (Å²) in [5.74, 6) is 0.433. The Hall–Kier alpha value is -0.770. The van der Waals surface area contributed by atoms with E-state index in [1.165, 1.54) is 6.07 Å². The summed E-state index contributed by atoms with van der Waals surface area (Å²) < 4.78 is 37.4. The first-order chi connectivity index (χ1) is 7.47. The molecular weight excluding hydrogens is 230 g/mol. The zero-order chi connectivity index (χ0) is 12.3. The van der Waals surface area contributed by atoms with Crippen molar-refractivity contribution in [3.63, 3.8) is 0 Å². The second kappa shape index (κ2) is 5.53. The van der Waals surface area contributed by atoms with Gasteiger partial charge in [0.15, 0.2) is 0 Å². The van der Waals surface area contributed by atoms with Gasteiger partial charge in [-0.3, -0.25) is 4.21 Å². The van der Waals surface area contributed by atoms with Crippen LogP contribution in [0.4, 0.5) is 8.78 Å². The van der Waals surface area contributed by atoms with Crippen LogP contribution in [0.5, 0.6) is 0 Å². The van der Waals surface area contributed by atoms with Crippen molar-refractivity contribution in [3.05, 3.63) is 28.8 Å². The molecule has 0 aromatic heterocycles. The lowest BCUT2D eigenvalue weighted by atomic mass is 10.1. The second-order valence-electron chi connectivity index (χ2n) is 3.82. The monoisotopic (exact) mass is 246 g/mol. The fourth-order valence-electron chi connectivity index (χ4n) is 1.48. The van der Waals surface area contributed by atoms with Crippen LogP contribution in [0.3, 0.4) is 0 Å². The minimum absolute atomic E-state index is 0.0881. The normalized spacial score (nSPS) is 13.1. The summed E-state index contributed by atoms with van der Waals surface area (Å²) in [6.07, 6.45) is -1.84. The quantitative estimate of drug-likeness (QED) is 0.790. The number of aryl methyl sites for hydroxylation is 2. The molecule has 90 valence electrons. The lowest BCUT2D eigenvalue weighted by Crippen LogP contribution is -2.03. The van der Waals surface area contributed by atoms with Crippen molar-refractivity contribution in [2.75, 3.05) is 5.75 Å². The van der Waals surface area contributed by atoms with E-state index in [0.717, 1.165) is 17.5 Å². The standard InChI is InChI=1S/C12H16F2OS/c1-4-5-16(15)11-7-9(3)8(2)6-10(11)12(13)14/h6-7,12H,4-5H2,1-3H3. The van der Waals surface area contributed by atoms with Crippen LogP contribution >= 0.6 is 0 Å². The third kappa shape index (κ3) is 2.88. The molecule has 0 N–H and O–H groups in total. The van der Waals surface area contributed by atoms with E-state index in [4.69, 9.17) is 0 Å². The molecule has 1 aromatic carbocycles. The van der Waals surface area contributed by atoms with E-state index in [2.05, 4.69) is 0 Å². The molecule has 16 heavy (non-hydrogen) atoms. The predicted octanol–water partition coefficient (Wildman–Crippen LogP) is 3.76. The molecule has 0 saturated carbocycles. The third-order valence-electron chi connectivity index (χ3n) is 2.50. The van der Waals surface area contributed by atoms with E-state index >= 15 is 0 Å². The van der Waals surface area contributed by atoms with Crippen molar-refractivity contribution in [2.24, 2.45) is 0 Å². The first-order valence-electron chi connectivity index (χ1n) is 5.25. The molecule has 4 heteroatoms. The Balaban J connectivity index is 3.24. The molecule has 0 heterocycles. The largest absolute Gasteiger partial charge is 0.265 e. The average molecular weight is 246 g/mol. The maximum absolute atomic E-state index is 12.8. The number of hydrogen-bond acceptors (Lipinski definition) is 1. The minimum Gasteiger partial charge on any atom is -0.254 e. The average Bonchev–Trinajstić information content (AvgIpc) is 2.21. The molecule has 1 aromatic rings. The van der Waals surface area contributed by atoms with Gasteiger partial charge in [-0.1, -0.05) is 6.92 Å². The van der Waals surface area contributed by atoms with Crippen LogP contribution < -0.4 is 0 Å². The predicted molar refractivity (Wildman–Crippen MR) is 62.4 cm³/mol. The molecule has 1 nitrogen and oxygen atoms in total. The van der Waals surface area contributed by atoms with E-state index in [9.17, 15) is 13.0 Å². The summed E-state index contributed by atoms with van der Waals surface area (Å²) in [6.45, 7) is 5.52. The Morgan fingerprint density at radius 3 is 2.31 bits per heavy atom. The highest BCUT2D eigenvalue weighted by atomic mass is 32.2. The summed E-state index contributed by atoms with van der Waals surface area (Å²) >= 11 is 0. The highest BCUT2D eigenvalue weighted by molar-refractivity contribution is 7.85. The smallest absolute Gasteiger partial charge is 0.254 e. The lowest BCUT2D eigenvalue weighted by molar-refractivity contribution is 0.148. The SMILES string of the molecule is CCCS(=O)c1cc(C)c(C)cc1C(F)F. The summed E-state index contributed by atoms with van der Waals surface area (Å²) in [6, 6.07) is 3.07. The van der Waals surface area contributed by atoms with Gasteiger partial charge < -0.3 is 0 Å². The highest BCUT2D eigenvalue weighted by Crippen LogP contribution is 2.28. The molecule has 1 atom stereocenters. The van der Waals surface area contributed by atoms with Gasteiger partial charge in [-0.15, -0.1) is 0 Å². The molecule has 0 radical (unpaired) electrons. The molecular formula is C12H16F2OS. The maximum atomic E-state index is 12.8. The fourth-order valence-corrected chi connectivity index (χ4v) is 2.78. The Bertz CT molecular complexity index is 402. The van der Waals surface area contributed by atoms with E-state index in [0.29, 0.717) is 10.6 Å². The maximum Gasteiger partial charge on any atom is 0.265 e. The van der Waals surface area contributed by atoms with Crippen LogP contribution in [-0.2, 0) is 10.8 Å². The Kier molecular flexibility index (Phi) is 4.59. The number of benzene rings is 1. The number of halogens is 2. The molecule has 0 amide bonds. The molecule has 0 aliphatic carbocycles. The van der Waals surface area contributed by atoms with Crippen LogP contribution in [0.15, 0.2) is 17.0 Å². The van der Waals surface area contributed by atoms with Gasteiger partial charge in [0.1, 0.15) is 0 Å². The fraction of sp³-hybridized carbons (Fsp3) is 0.500. The summed E-state index contributed by atoms with van der Waals surface area (Å²) in [7, 11) is -1.31. The zero-order valence-corrected chi connectivity index (χ0v) is 10.5. The summed E-state index contributed by atoms with van der Waals surface area (Å²) in [4.78, 5) is 0.292. The van der Waals surface area contributed by atoms with E-state index < -0.39 is 17.2 Å². The molecule has 0 saturated heterocycles. The van der Waals surface area contributed by atoms with Crippen molar-refractivity contribution in [1.29, 1.82) is 0 Å². The zero-order valence-electron chi connectivity index (χ0n) is 9.72. The molecule has 0 aliphatic heterocycles. The number of rotatable bonds is 4. The van der Waals surface area contributed by atoms with E-state index in [1.54, 1.807) is 13.0 Å². The van der Waals surface area contributed by atoms with Crippen LogP contribution in [0.25, 0.3) is 0 Å². The Morgan fingerprint density at radius 2 is 1.81 bits per heavy atom. The van der Waals surface area contributed by atoms with Crippen LogP contribution in [-0.4, -0.2) is 9.96 Å². The number of alkyl halides is 2. The molecule has 0 fully saturated rings. The van der Waals surface area contributed by atoms with Crippen molar-refractivity contribution >= 4 is 10.8 Å². The Morgan fingerprint density at radius 1 is 1.25 bits per heavy atom. The van der Waals surface area contributed by atoms with Gasteiger partial charge in [-0.2, -0.15) is 0 Å². The highest BCUT2D eigenvalue weighted by Gasteiger charge is 2.18. The van der Waals surface area contributed by atoms with Crippen molar-refractivity contribution in [2.45, 2.75) is 38.5 Å². The van der Waals surface area contributed by atoms with Crippen LogP contribution in [0, 0.1) is 13.8 Å².